The van der Waals surface area contributed by atoms with Crippen LogP contribution in [-0.2, 0) is 17.8 Å². The third-order valence-electron chi connectivity index (χ3n) is 7.44. The minimum atomic E-state index is -1.49. The highest BCUT2D eigenvalue weighted by molar-refractivity contribution is 6.40. The van der Waals surface area contributed by atoms with E-state index >= 15 is 0 Å². The first-order chi connectivity index (χ1) is 20.6. The van der Waals surface area contributed by atoms with Crippen LogP contribution in [0, 0.1) is 11.5 Å². The second-order valence-corrected chi connectivity index (χ2v) is 11.0. The van der Waals surface area contributed by atoms with E-state index < -0.39 is 36.6 Å². The van der Waals surface area contributed by atoms with Crippen molar-refractivity contribution >= 4 is 57.8 Å². The van der Waals surface area contributed by atoms with Crippen molar-refractivity contribution < 1.29 is 24.6 Å². The van der Waals surface area contributed by atoms with Crippen LogP contribution in [0.15, 0.2) is 35.5 Å². The number of aromatic nitrogens is 2. The summed E-state index contributed by atoms with van der Waals surface area (Å²) in [5.41, 5.74) is 8.28. The van der Waals surface area contributed by atoms with E-state index in [-0.39, 0.29) is 47.1 Å². The Balaban J connectivity index is 1.31. The minimum Gasteiger partial charge on any atom is -0.480 e. The molecule has 0 aliphatic carbocycles. The highest BCUT2D eigenvalue weighted by atomic mass is 35.5. The summed E-state index contributed by atoms with van der Waals surface area (Å²) in [7, 11) is 0. The molecule has 0 saturated carbocycles. The number of H-pyrrole nitrogens is 1. The van der Waals surface area contributed by atoms with Crippen molar-refractivity contribution in [2.24, 2.45) is 10.7 Å². The number of hydrogen-bond acceptors (Lipinski definition) is 8. The summed E-state index contributed by atoms with van der Waals surface area (Å²) in [5.74, 6) is -2.36. The van der Waals surface area contributed by atoms with Crippen molar-refractivity contribution in [1.82, 2.24) is 30.6 Å². The van der Waals surface area contributed by atoms with E-state index in [4.69, 9.17) is 34.2 Å². The largest absolute Gasteiger partial charge is 0.480 e. The van der Waals surface area contributed by atoms with E-state index in [9.17, 15) is 24.6 Å². The van der Waals surface area contributed by atoms with Gasteiger partial charge in [0.2, 0.25) is 5.96 Å². The lowest BCUT2D eigenvalue weighted by Gasteiger charge is -2.30. The second kappa shape index (κ2) is 12.4. The summed E-state index contributed by atoms with van der Waals surface area (Å²) in [5, 5.41) is 41.3. The van der Waals surface area contributed by atoms with Crippen LogP contribution in [0.2, 0.25) is 10.0 Å². The van der Waals surface area contributed by atoms with Crippen molar-refractivity contribution in [3.8, 4) is 6.19 Å². The highest BCUT2D eigenvalue weighted by Crippen LogP contribution is 2.35. The Labute approximate surface area is 255 Å². The van der Waals surface area contributed by atoms with Crippen LogP contribution < -0.4 is 16.4 Å². The molecule has 1 fully saturated rings. The molecule has 1 saturated heterocycles. The number of β-amino-alcohol motifs (C(OH)–C–C–N with tert-alkyl or cyclic N) is 1. The molecule has 2 aliphatic heterocycles. The molecule has 0 spiro atoms. The maximum atomic E-state index is 13.2. The number of nitrogens with two attached hydrogens (primary N) is 1. The van der Waals surface area contributed by atoms with Gasteiger partial charge < -0.3 is 31.1 Å². The number of halogens is 2. The predicted octanol–water partition coefficient (Wildman–Crippen LogP) is 0.682. The Morgan fingerprint density at radius 2 is 2.05 bits per heavy atom. The third-order valence-corrected chi connectivity index (χ3v) is 8.15. The van der Waals surface area contributed by atoms with Gasteiger partial charge in [0.15, 0.2) is 6.19 Å². The molecular weight excluding hydrogens is 601 g/mol. The third kappa shape index (κ3) is 6.20. The number of aliphatic carboxylic acids is 1. The molecule has 3 atom stereocenters. The number of aliphatic hydroxyl groups is 1. The van der Waals surface area contributed by atoms with Gasteiger partial charge in [-0.05, 0) is 35.7 Å². The Morgan fingerprint density at radius 1 is 1.26 bits per heavy atom. The lowest BCUT2D eigenvalue weighted by molar-refractivity contribution is -0.138. The van der Waals surface area contributed by atoms with Crippen molar-refractivity contribution in [2.75, 3.05) is 26.2 Å². The number of fused-ring (bicyclic) bond motifs is 2. The fourth-order valence-corrected chi connectivity index (χ4v) is 5.90. The Kier molecular flexibility index (Phi) is 8.69. The molecule has 224 valence electrons. The Bertz CT molecular complexity index is 1660. The van der Waals surface area contributed by atoms with Crippen LogP contribution in [-0.4, -0.2) is 98.3 Å². The number of carbonyl (C=O) groups is 3. The molecule has 0 unspecified atom stereocenters. The van der Waals surface area contributed by atoms with Crippen LogP contribution in [0.3, 0.4) is 0 Å². The number of benzene rings is 2. The number of nitriles is 1. The smallest absolute Gasteiger partial charge is 0.328 e. The Hall–Kier alpha value is -4.42. The van der Waals surface area contributed by atoms with E-state index in [0.29, 0.717) is 29.7 Å². The number of aliphatic hydroxyl groups excluding tert-OH is 1. The number of guanidine groups is 1. The molecule has 2 amide bonds. The van der Waals surface area contributed by atoms with Gasteiger partial charge in [-0.3, -0.25) is 20.0 Å². The number of rotatable bonds is 6. The first-order valence-corrected chi connectivity index (χ1v) is 14.0. The fourth-order valence-electron chi connectivity index (χ4n) is 5.13. The number of aromatic amines is 1. The lowest BCUT2D eigenvalue weighted by Crippen LogP contribution is -2.45. The molecule has 5 rings (SSSR count). The number of nitrogens with zero attached hydrogens (tertiary/aromatic N) is 5. The van der Waals surface area contributed by atoms with Crippen LogP contribution in [0.1, 0.15) is 31.8 Å². The van der Waals surface area contributed by atoms with Gasteiger partial charge in [-0.2, -0.15) is 10.4 Å². The van der Waals surface area contributed by atoms with Gasteiger partial charge in [0.25, 0.3) is 11.8 Å². The predicted molar refractivity (Wildman–Crippen MR) is 156 cm³/mol. The van der Waals surface area contributed by atoms with Gasteiger partial charge in [-0.15, -0.1) is 0 Å². The number of amides is 2. The normalized spacial score (nSPS) is 19.1. The topological polar surface area (TPSA) is 213 Å². The van der Waals surface area contributed by atoms with Gasteiger partial charge in [-0.25, -0.2) is 9.79 Å². The Morgan fingerprint density at radius 3 is 2.74 bits per heavy atom. The lowest BCUT2D eigenvalue weighted by atomic mass is 9.96. The molecule has 3 heterocycles. The maximum Gasteiger partial charge on any atom is 0.328 e. The summed E-state index contributed by atoms with van der Waals surface area (Å²) in [6.07, 6.45) is 2.90. The van der Waals surface area contributed by atoms with E-state index in [1.165, 1.54) is 4.90 Å². The summed E-state index contributed by atoms with van der Waals surface area (Å²) in [6, 6.07) is 4.78. The van der Waals surface area contributed by atoms with Crippen molar-refractivity contribution in [1.29, 1.82) is 5.26 Å². The summed E-state index contributed by atoms with van der Waals surface area (Å²) in [4.78, 5) is 45.8. The SMILES string of the molecule is N#CNC(=NC[C@H](NC(=O)c1c(Cl)cc2c(c1Cl)CCN(C(=O)c1ccc3cn[nH]c3c1)C2)C(=O)O)N1C[C@@H](N)[C@H](O)C1. The number of nitrogens with one attached hydrogen (secondary N) is 3. The number of carboxylic acid groups (broad SMARTS) is 1. The fraction of sp³-hybridized carbons (Fsp3) is 0.333. The van der Waals surface area contributed by atoms with Gasteiger partial charge in [0, 0.05) is 43.2 Å². The molecule has 1 aromatic heterocycles. The number of hydrogen-bond donors (Lipinski definition) is 6. The highest BCUT2D eigenvalue weighted by Gasteiger charge is 2.32. The zero-order valence-corrected chi connectivity index (χ0v) is 24.1. The summed E-state index contributed by atoms with van der Waals surface area (Å²) >= 11 is 13.1. The van der Waals surface area contributed by atoms with Crippen molar-refractivity contribution in [2.45, 2.75) is 31.2 Å². The molecule has 0 radical (unpaired) electrons. The first kappa shape index (κ1) is 30.1. The molecule has 43 heavy (non-hydrogen) atoms. The zero-order chi connectivity index (χ0) is 30.8. The number of aliphatic imine (C=N–C) groups is 1. The van der Waals surface area contributed by atoms with Crippen LogP contribution >= 0.6 is 23.2 Å². The standard InChI is InChI=1S/C27H27Cl2N9O5/c28-17-5-15-9-37(25(41)13-1-2-14-7-34-36-19(14)6-13)4-3-16(15)23(29)22(17)24(40)35-20(26(42)43)8-32-27(33-12-30)38-10-18(31)21(39)11-38/h1-2,5-7,18,20-21,39H,3-4,8-11,31H2,(H,32,33)(H,34,36)(H,35,40)(H,42,43)/t18-,20+,21-/m1/s1. The van der Waals surface area contributed by atoms with Crippen LogP contribution in [0.4, 0.5) is 0 Å². The molecule has 16 heteroatoms. The van der Waals surface area contributed by atoms with Gasteiger partial charge >= 0.3 is 5.97 Å². The molecule has 3 aromatic rings. The number of likely N-dealkylation sites (tertiary alicyclic amines) is 1. The van der Waals surface area contributed by atoms with Crippen LogP contribution in [0.25, 0.3) is 10.9 Å². The van der Waals surface area contributed by atoms with Crippen molar-refractivity contribution in [3.05, 3.63) is 62.8 Å². The molecule has 0 bridgehead atoms. The van der Waals surface area contributed by atoms with Crippen molar-refractivity contribution in [3.63, 3.8) is 0 Å². The average Bonchev–Trinajstić information content (AvgIpc) is 3.58. The summed E-state index contributed by atoms with van der Waals surface area (Å²) < 4.78 is 0. The molecule has 14 nitrogen and oxygen atoms in total. The van der Waals surface area contributed by atoms with Gasteiger partial charge in [0.1, 0.15) is 6.04 Å². The van der Waals surface area contributed by atoms with Gasteiger partial charge in [0.05, 0.1) is 40.0 Å². The van der Waals surface area contributed by atoms with E-state index in [2.05, 4.69) is 25.8 Å². The average molecular weight is 628 g/mol. The van der Waals surface area contributed by atoms with Crippen LogP contribution in [0.5, 0.6) is 0 Å². The molecule has 2 aromatic carbocycles. The molecular formula is C27H27Cl2N9O5. The number of carbonyl (C=O) groups excluding carboxylic acids is 2. The second-order valence-electron chi connectivity index (χ2n) is 10.2. The van der Waals surface area contributed by atoms with E-state index in [1.54, 1.807) is 35.5 Å². The molecule has 2 aliphatic rings. The zero-order valence-electron chi connectivity index (χ0n) is 22.5. The quantitative estimate of drug-likeness (QED) is 0.0972. The molecule has 7 N–H and O–H groups in total. The monoisotopic (exact) mass is 627 g/mol. The van der Waals surface area contributed by atoms with E-state index in [1.807, 2.05) is 6.07 Å². The minimum absolute atomic E-state index is 0.00560. The first-order valence-electron chi connectivity index (χ1n) is 13.2. The van der Waals surface area contributed by atoms with Gasteiger partial charge in [-0.1, -0.05) is 29.3 Å². The number of carboxylic acids is 1. The maximum absolute atomic E-state index is 13.2. The van der Waals surface area contributed by atoms with E-state index in [0.717, 1.165) is 10.9 Å². The summed E-state index contributed by atoms with van der Waals surface area (Å²) in [6.45, 7) is 0.412.